The lowest BCUT2D eigenvalue weighted by Crippen LogP contribution is -2.50. The van der Waals surface area contributed by atoms with Gasteiger partial charge in [-0.2, -0.15) is 0 Å². The van der Waals surface area contributed by atoms with Gasteiger partial charge in [-0.05, 0) is 24.6 Å². The minimum Gasteiger partial charge on any atom is -0.497 e. The molecule has 4 rings (SSSR count). The first-order valence-electron chi connectivity index (χ1n) is 10.4. The molecule has 1 atom stereocenters. The third-order valence-electron chi connectivity index (χ3n) is 4.98. The first-order chi connectivity index (χ1) is 14.2. The molecule has 0 radical (unpaired) electrons. The van der Waals surface area contributed by atoms with E-state index < -0.39 is 0 Å². The van der Waals surface area contributed by atoms with Crippen molar-refractivity contribution in [2.75, 3.05) is 33.3 Å². The van der Waals surface area contributed by atoms with Crippen LogP contribution < -0.4 is 16.0 Å². The van der Waals surface area contributed by atoms with Crippen LogP contribution in [-0.4, -0.2) is 54.2 Å². The second-order valence-corrected chi connectivity index (χ2v) is 6.95. The second-order valence-electron chi connectivity index (χ2n) is 6.95. The lowest BCUT2D eigenvalue weighted by Gasteiger charge is -2.38. The second kappa shape index (κ2) is 10.1. The van der Waals surface area contributed by atoms with Gasteiger partial charge in [0.25, 0.3) is 0 Å². The smallest absolute Gasteiger partial charge is 0.140 e. The number of nitrogens with one attached hydrogen (secondary N) is 3. The summed E-state index contributed by atoms with van der Waals surface area (Å²) in [7, 11) is 1.74. The van der Waals surface area contributed by atoms with Crippen LogP contribution >= 0.6 is 0 Å². The highest BCUT2D eigenvalue weighted by Crippen LogP contribution is 2.23. The number of ether oxygens (including phenoxy) is 1. The summed E-state index contributed by atoms with van der Waals surface area (Å²) >= 11 is 0. The molecule has 2 aliphatic heterocycles. The first-order valence-corrected chi connectivity index (χ1v) is 10.4. The van der Waals surface area contributed by atoms with Gasteiger partial charge in [0, 0.05) is 50.8 Å². The van der Waals surface area contributed by atoms with Gasteiger partial charge in [-0.3, -0.25) is 9.97 Å². The Morgan fingerprint density at radius 2 is 2.00 bits per heavy atom. The van der Waals surface area contributed by atoms with E-state index in [0.29, 0.717) is 19.1 Å². The van der Waals surface area contributed by atoms with Crippen molar-refractivity contribution in [1.29, 1.82) is 0 Å². The largest absolute Gasteiger partial charge is 0.497 e. The SMILES string of the molecule is CC.COC1=C(N2CCNC(C)C2)C(NCc2ccc3nccnc3c2)=CNC1. The lowest BCUT2D eigenvalue weighted by atomic mass is 10.1. The van der Waals surface area contributed by atoms with Gasteiger partial charge in [0.15, 0.2) is 0 Å². The van der Waals surface area contributed by atoms with Crippen molar-refractivity contribution >= 4 is 11.0 Å². The van der Waals surface area contributed by atoms with E-state index in [1.165, 1.54) is 5.56 Å². The molecule has 7 nitrogen and oxygen atoms in total. The Balaban J connectivity index is 0.00000117. The monoisotopic (exact) mass is 396 g/mol. The number of hydrogen-bond donors (Lipinski definition) is 3. The van der Waals surface area contributed by atoms with Crippen LogP contribution in [0.15, 0.2) is 53.9 Å². The maximum absolute atomic E-state index is 5.69. The number of rotatable bonds is 5. The summed E-state index contributed by atoms with van der Waals surface area (Å²) in [6, 6.07) is 6.65. The molecule has 0 spiro atoms. The Kier molecular flexibility index (Phi) is 7.30. The summed E-state index contributed by atoms with van der Waals surface area (Å²) in [5.41, 5.74) is 5.21. The molecule has 1 saturated heterocycles. The fourth-order valence-corrected chi connectivity index (χ4v) is 3.65. The zero-order chi connectivity index (χ0) is 20.6. The molecular weight excluding hydrogens is 364 g/mol. The average molecular weight is 397 g/mol. The number of aromatic nitrogens is 2. The van der Waals surface area contributed by atoms with Crippen LogP contribution in [0.4, 0.5) is 0 Å². The van der Waals surface area contributed by atoms with Gasteiger partial charge in [0.05, 0.1) is 30.4 Å². The number of methoxy groups -OCH3 is 1. The Labute approximate surface area is 173 Å². The minimum atomic E-state index is 0.458. The normalized spacial score (nSPS) is 19.1. The summed E-state index contributed by atoms with van der Waals surface area (Å²) in [6.07, 6.45) is 5.49. The van der Waals surface area contributed by atoms with Crippen molar-refractivity contribution in [1.82, 2.24) is 30.8 Å². The molecule has 1 aromatic carbocycles. The van der Waals surface area contributed by atoms with Crippen molar-refractivity contribution in [3.63, 3.8) is 0 Å². The topological polar surface area (TPSA) is 74.3 Å². The molecule has 29 heavy (non-hydrogen) atoms. The quantitative estimate of drug-likeness (QED) is 0.716. The fraction of sp³-hybridized carbons (Fsp3) is 0.455. The number of nitrogens with zero attached hydrogens (tertiary/aromatic N) is 3. The summed E-state index contributed by atoms with van der Waals surface area (Å²) < 4.78 is 5.69. The zero-order valence-corrected chi connectivity index (χ0v) is 17.8. The molecule has 7 heteroatoms. The zero-order valence-electron chi connectivity index (χ0n) is 17.8. The van der Waals surface area contributed by atoms with Crippen LogP contribution in [0.2, 0.25) is 0 Å². The van der Waals surface area contributed by atoms with Gasteiger partial charge in [-0.1, -0.05) is 19.9 Å². The molecule has 1 fully saturated rings. The molecule has 1 unspecified atom stereocenters. The Morgan fingerprint density at radius 1 is 1.21 bits per heavy atom. The predicted molar refractivity (Wildman–Crippen MR) is 117 cm³/mol. The van der Waals surface area contributed by atoms with E-state index >= 15 is 0 Å². The van der Waals surface area contributed by atoms with Crippen molar-refractivity contribution in [3.05, 3.63) is 59.5 Å². The standard InChI is InChI=1S/C20H26N6O.C2H6/c1-14-13-26(8-7-22-14)20-18(11-21-12-19(20)27-2)25-10-15-3-4-16-17(9-15)24-6-5-23-16;1-2/h3-6,9,11,14,21-22,25H,7-8,10,12-13H2,1-2H3;1-2H3. The van der Waals surface area contributed by atoms with Crippen LogP contribution in [0.5, 0.6) is 0 Å². The van der Waals surface area contributed by atoms with Crippen molar-refractivity contribution in [2.24, 2.45) is 0 Å². The fourth-order valence-electron chi connectivity index (χ4n) is 3.65. The van der Waals surface area contributed by atoms with Crippen LogP contribution in [0.1, 0.15) is 26.3 Å². The van der Waals surface area contributed by atoms with E-state index in [4.69, 9.17) is 4.74 Å². The number of piperazine rings is 1. The highest BCUT2D eigenvalue weighted by molar-refractivity contribution is 5.74. The molecule has 0 aliphatic carbocycles. The first kappa shape index (κ1) is 20.9. The predicted octanol–water partition coefficient (Wildman–Crippen LogP) is 2.34. The Bertz CT molecular complexity index is 878. The van der Waals surface area contributed by atoms with Crippen LogP contribution in [0.3, 0.4) is 0 Å². The van der Waals surface area contributed by atoms with Crippen molar-refractivity contribution in [3.8, 4) is 0 Å². The third-order valence-corrected chi connectivity index (χ3v) is 4.98. The number of fused-ring (bicyclic) bond motifs is 1. The van der Waals surface area contributed by atoms with Crippen molar-refractivity contribution in [2.45, 2.75) is 33.4 Å². The Hall–Kier alpha value is -2.80. The third kappa shape index (κ3) is 4.98. The van der Waals surface area contributed by atoms with Crippen LogP contribution in [0, 0.1) is 0 Å². The van der Waals surface area contributed by atoms with Gasteiger partial charge in [0.1, 0.15) is 11.5 Å². The van der Waals surface area contributed by atoms with Crippen molar-refractivity contribution < 1.29 is 4.74 Å². The molecule has 3 heterocycles. The van der Waals surface area contributed by atoms with E-state index in [1.54, 1.807) is 19.5 Å². The number of benzene rings is 1. The van der Waals surface area contributed by atoms with E-state index in [1.807, 2.05) is 26.1 Å². The molecule has 2 aromatic rings. The summed E-state index contributed by atoms with van der Waals surface area (Å²) in [6.45, 7) is 10.5. The minimum absolute atomic E-state index is 0.458. The van der Waals surface area contributed by atoms with E-state index in [0.717, 1.165) is 47.8 Å². The van der Waals surface area contributed by atoms with Gasteiger partial charge in [0.2, 0.25) is 0 Å². The lowest BCUT2D eigenvalue weighted by molar-refractivity contribution is 0.216. The molecule has 0 bridgehead atoms. The van der Waals surface area contributed by atoms with Crippen LogP contribution in [0.25, 0.3) is 11.0 Å². The molecule has 1 aromatic heterocycles. The van der Waals surface area contributed by atoms with Gasteiger partial charge >= 0.3 is 0 Å². The van der Waals surface area contributed by atoms with E-state index in [-0.39, 0.29) is 0 Å². The number of dihydropyridines is 1. The molecule has 0 saturated carbocycles. The van der Waals surface area contributed by atoms with Crippen LogP contribution in [-0.2, 0) is 11.3 Å². The summed E-state index contributed by atoms with van der Waals surface area (Å²) in [5, 5.41) is 10.4. The molecule has 0 amide bonds. The Morgan fingerprint density at radius 3 is 2.76 bits per heavy atom. The molecule has 3 N–H and O–H groups in total. The van der Waals surface area contributed by atoms with E-state index in [2.05, 4.69) is 49.9 Å². The van der Waals surface area contributed by atoms with Gasteiger partial charge in [-0.15, -0.1) is 0 Å². The summed E-state index contributed by atoms with van der Waals surface area (Å²) in [5.74, 6) is 0.971. The van der Waals surface area contributed by atoms with Gasteiger partial charge in [-0.25, -0.2) is 0 Å². The maximum atomic E-state index is 5.69. The highest BCUT2D eigenvalue weighted by Gasteiger charge is 2.26. The molecule has 156 valence electrons. The van der Waals surface area contributed by atoms with E-state index in [9.17, 15) is 0 Å². The maximum Gasteiger partial charge on any atom is 0.140 e. The summed E-state index contributed by atoms with van der Waals surface area (Å²) in [4.78, 5) is 11.1. The number of hydrogen-bond acceptors (Lipinski definition) is 7. The molecular formula is C22H32N6O. The van der Waals surface area contributed by atoms with Gasteiger partial charge < -0.3 is 25.6 Å². The highest BCUT2D eigenvalue weighted by atomic mass is 16.5. The molecule has 2 aliphatic rings. The average Bonchev–Trinajstić information content (AvgIpc) is 2.78.